The average Bonchev–Trinajstić information content (AvgIpc) is 2.40. The molecule has 1 aromatic rings. The standard InChI is InChI=1S/C15H25N3O/c1-11-5-7-15(19-4,8-6-11)14-17-12(2)9-13(18-14)10-16-3/h9,11,16H,5-8,10H2,1-4H3. The quantitative estimate of drug-likeness (QED) is 0.907. The van der Waals surface area contributed by atoms with E-state index >= 15 is 0 Å². The van der Waals surface area contributed by atoms with Crippen LogP contribution >= 0.6 is 0 Å². The average molecular weight is 263 g/mol. The summed E-state index contributed by atoms with van der Waals surface area (Å²) in [5, 5.41) is 3.15. The molecular formula is C15H25N3O. The van der Waals surface area contributed by atoms with E-state index in [4.69, 9.17) is 9.72 Å². The van der Waals surface area contributed by atoms with Gasteiger partial charge in [-0.15, -0.1) is 0 Å². The van der Waals surface area contributed by atoms with Gasteiger partial charge in [0.05, 0.1) is 5.69 Å². The molecule has 0 aromatic carbocycles. The van der Waals surface area contributed by atoms with Gasteiger partial charge in [-0.25, -0.2) is 9.97 Å². The topological polar surface area (TPSA) is 47.0 Å². The van der Waals surface area contributed by atoms with Crippen LogP contribution in [0.2, 0.25) is 0 Å². The van der Waals surface area contributed by atoms with E-state index < -0.39 is 0 Å². The van der Waals surface area contributed by atoms with Crippen molar-refractivity contribution >= 4 is 0 Å². The number of nitrogens with zero attached hydrogens (tertiary/aromatic N) is 2. The van der Waals surface area contributed by atoms with Crippen molar-refractivity contribution in [2.24, 2.45) is 5.92 Å². The maximum absolute atomic E-state index is 5.86. The fourth-order valence-electron chi connectivity index (χ4n) is 2.86. The number of methoxy groups -OCH3 is 1. The number of hydrogen-bond acceptors (Lipinski definition) is 4. The highest BCUT2D eigenvalue weighted by atomic mass is 16.5. The Balaban J connectivity index is 2.32. The molecule has 1 N–H and O–H groups in total. The molecule has 0 unspecified atom stereocenters. The largest absolute Gasteiger partial charge is 0.370 e. The zero-order chi connectivity index (χ0) is 13.9. The monoisotopic (exact) mass is 263 g/mol. The second-order valence-electron chi connectivity index (χ2n) is 5.74. The molecule has 0 saturated heterocycles. The summed E-state index contributed by atoms with van der Waals surface area (Å²) in [5.74, 6) is 1.65. The smallest absolute Gasteiger partial charge is 0.160 e. The highest BCUT2D eigenvalue weighted by molar-refractivity contribution is 5.15. The summed E-state index contributed by atoms with van der Waals surface area (Å²) in [6, 6.07) is 2.04. The molecule has 4 heteroatoms. The van der Waals surface area contributed by atoms with Crippen molar-refractivity contribution in [2.75, 3.05) is 14.2 Å². The van der Waals surface area contributed by atoms with Crippen molar-refractivity contribution in [1.82, 2.24) is 15.3 Å². The molecule has 1 fully saturated rings. The Labute approximate surface area is 116 Å². The molecule has 0 bridgehead atoms. The summed E-state index contributed by atoms with van der Waals surface area (Å²) in [7, 11) is 3.73. The molecular weight excluding hydrogens is 238 g/mol. The van der Waals surface area contributed by atoms with Crippen LogP contribution < -0.4 is 5.32 Å². The molecule has 106 valence electrons. The summed E-state index contributed by atoms with van der Waals surface area (Å²) < 4.78 is 5.86. The second kappa shape index (κ2) is 5.97. The Hall–Kier alpha value is -1.00. The number of aromatic nitrogens is 2. The number of nitrogens with one attached hydrogen (secondary N) is 1. The third kappa shape index (κ3) is 3.12. The van der Waals surface area contributed by atoms with Crippen LogP contribution in [0.25, 0.3) is 0 Å². The maximum atomic E-state index is 5.86. The molecule has 1 aromatic heterocycles. The highest BCUT2D eigenvalue weighted by Gasteiger charge is 2.38. The zero-order valence-electron chi connectivity index (χ0n) is 12.5. The van der Waals surface area contributed by atoms with Crippen LogP contribution in [0.15, 0.2) is 6.07 Å². The van der Waals surface area contributed by atoms with Gasteiger partial charge in [0.25, 0.3) is 0 Å². The summed E-state index contributed by atoms with van der Waals surface area (Å²) in [6.07, 6.45) is 4.42. The Morgan fingerprint density at radius 1 is 1.37 bits per heavy atom. The van der Waals surface area contributed by atoms with E-state index in [1.807, 2.05) is 20.0 Å². The lowest BCUT2D eigenvalue weighted by atomic mass is 9.79. The third-order valence-electron chi connectivity index (χ3n) is 4.15. The summed E-state index contributed by atoms with van der Waals surface area (Å²) in [5.41, 5.74) is 1.78. The minimum absolute atomic E-state index is 0.277. The van der Waals surface area contributed by atoms with Crippen LogP contribution in [-0.2, 0) is 16.9 Å². The first-order valence-electron chi connectivity index (χ1n) is 7.14. The van der Waals surface area contributed by atoms with E-state index in [2.05, 4.69) is 17.2 Å². The van der Waals surface area contributed by atoms with Gasteiger partial charge in [0.2, 0.25) is 0 Å². The van der Waals surface area contributed by atoms with Gasteiger partial charge in [-0.2, -0.15) is 0 Å². The van der Waals surface area contributed by atoms with E-state index in [-0.39, 0.29) is 5.60 Å². The molecule has 0 radical (unpaired) electrons. The van der Waals surface area contributed by atoms with Crippen LogP contribution in [0.5, 0.6) is 0 Å². The minimum atomic E-state index is -0.277. The van der Waals surface area contributed by atoms with Gasteiger partial charge in [-0.1, -0.05) is 6.92 Å². The van der Waals surface area contributed by atoms with Crippen LogP contribution in [0, 0.1) is 12.8 Å². The van der Waals surface area contributed by atoms with E-state index in [1.54, 1.807) is 7.11 Å². The molecule has 0 atom stereocenters. The fourth-order valence-corrected chi connectivity index (χ4v) is 2.86. The van der Waals surface area contributed by atoms with Gasteiger partial charge in [0, 0.05) is 19.3 Å². The summed E-state index contributed by atoms with van der Waals surface area (Å²) >= 11 is 0. The van der Waals surface area contributed by atoms with E-state index in [9.17, 15) is 0 Å². The number of rotatable bonds is 4. The van der Waals surface area contributed by atoms with Crippen molar-refractivity contribution in [1.29, 1.82) is 0 Å². The van der Waals surface area contributed by atoms with Gasteiger partial charge in [-0.3, -0.25) is 0 Å². The van der Waals surface area contributed by atoms with Gasteiger partial charge in [-0.05, 0) is 51.6 Å². The zero-order valence-corrected chi connectivity index (χ0v) is 12.5. The van der Waals surface area contributed by atoms with Gasteiger partial charge < -0.3 is 10.1 Å². The van der Waals surface area contributed by atoms with Crippen molar-refractivity contribution < 1.29 is 4.74 Å². The predicted octanol–water partition coefficient (Wildman–Crippen LogP) is 2.56. The number of hydrogen-bond donors (Lipinski definition) is 1. The van der Waals surface area contributed by atoms with Crippen LogP contribution in [0.3, 0.4) is 0 Å². The van der Waals surface area contributed by atoms with E-state index in [1.165, 1.54) is 12.8 Å². The second-order valence-corrected chi connectivity index (χ2v) is 5.74. The SMILES string of the molecule is CNCc1cc(C)nc(C2(OC)CCC(C)CC2)n1. The van der Waals surface area contributed by atoms with E-state index in [0.717, 1.165) is 42.5 Å². The molecule has 1 saturated carbocycles. The molecule has 0 amide bonds. The molecule has 19 heavy (non-hydrogen) atoms. The first kappa shape index (κ1) is 14.4. The highest BCUT2D eigenvalue weighted by Crippen LogP contribution is 2.40. The molecule has 1 heterocycles. The molecule has 4 nitrogen and oxygen atoms in total. The lowest BCUT2D eigenvalue weighted by molar-refractivity contribution is -0.0600. The molecule has 0 aliphatic heterocycles. The Morgan fingerprint density at radius 3 is 2.63 bits per heavy atom. The lowest BCUT2D eigenvalue weighted by Crippen LogP contribution is -2.35. The summed E-state index contributed by atoms with van der Waals surface area (Å²) in [4.78, 5) is 9.36. The number of ether oxygens (including phenoxy) is 1. The van der Waals surface area contributed by atoms with Gasteiger partial charge in [0.1, 0.15) is 5.60 Å². The van der Waals surface area contributed by atoms with Crippen LogP contribution in [0.1, 0.15) is 49.8 Å². The fraction of sp³-hybridized carbons (Fsp3) is 0.733. The van der Waals surface area contributed by atoms with Crippen molar-refractivity contribution in [3.8, 4) is 0 Å². The minimum Gasteiger partial charge on any atom is -0.370 e. The normalized spacial score (nSPS) is 27.5. The third-order valence-corrected chi connectivity index (χ3v) is 4.15. The van der Waals surface area contributed by atoms with Gasteiger partial charge in [0.15, 0.2) is 5.82 Å². The number of aryl methyl sites for hydroxylation is 1. The summed E-state index contributed by atoms with van der Waals surface area (Å²) in [6.45, 7) is 5.11. The van der Waals surface area contributed by atoms with Crippen LogP contribution in [-0.4, -0.2) is 24.1 Å². The van der Waals surface area contributed by atoms with Gasteiger partial charge >= 0.3 is 0 Å². The lowest BCUT2D eigenvalue weighted by Gasteiger charge is -2.37. The van der Waals surface area contributed by atoms with Crippen LogP contribution in [0.4, 0.5) is 0 Å². The maximum Gasteiger partial charge on any atom is 0.160 e. The predicted molar refractivity (Wildman–Crippen MR) is 75.9 cm³/mol. The Morgan fingerprint density at radius 2 is 2.05 bits per heavy atom. The Bertz CT molecular complexity index is 425. The molecule has 2 rings (SSSR count). The van der Waals surface area contributed by atoms with Crippen molar-refractivity contribution in [3.05, 3.63) is 23.3 Å². The first-order valence-corrected chi connectivity index (χ1v) is 7.14. The molecule has 1 aliphatic carbocycles. The van der Waals surface area contributed by atoms with E-state index in [0.29, 0.717) is 0 Å². The Kier molecular flexibility index (Phi) is 4.53. The van der Waals surface area contributed by atoms with Crippen molar-refractivity contribution in [3.63, 3.8) is 0 Å². The molecule has 1 aliphatic rings. The van der Waals surface area contributed by atoms with Crippen molar-refractivity contribution in [2.45, 2.75) is 51.7 Å². The molecule has 0 spiro atoms. The first-order chi connectivity index (χ1) is 9.09.